The Morgan fingerprint density at radius 2 is 1.54 bits per heavy atom. The summed E-state index contributed by atoms with van der Waals surface area (Å²) in [7, 11) is 0. The molecule has 0 unspecified atom stereocenters. The van der Waals surface area contributed by atoms with Crippen LogP contribution >= 0.6 is 0 Å². The third kappa shape index (κ3) is 6.92. The van der Waals surface area contributed by atoms with E-state index < -0.39 is 25.0 Å². The lowest BCUT2D eigenvalue weighted by molar-refractivity contribution is -0.142. The number of hydrogen-bond acceptors (Lipinski definition) is 5. The van der Waals surface area contributed by atoms with Gasteiger partial charge in [-0.1, -0.05) is 80.6 Å². The van der Waals surface area contributed by atoms with Crippen molar-refractivity contribution in [2.45, 2.75) is 45.1 Å². The fourth-order valence-electron chi connectivity index (χ4n) is 5.23. The zero-order chi connectivity index (χ0) is 26.2. The number of benzene rings is 2. The van der Waals surface area contributed by atoms with Crippen LogP contribution < -0.4 is 5.32 Å². The Bertz CT molecular complexity index is 1240. The number of rotatable bonds is 11. The molecule has 8 heteroatoms. The minimum atomic E-state index is -1.14. The second-order valence-corrected chi connectivity index (χ2v) is 9.68. The van der Waals surface area contributed by atoms with Crippen molar-refractivity contribution in [3.8, 4) is 11.3 Å². The predicted molar refractivity (Wildman–Crippen MR) is 141 cm³/mol. The molecular weight excluding hydrogens is 470 g/mol. The van der Waals surface area contributed by atoms with Crippen LogP contribution in [0.2, 0.25) is 0 Å². The molecule has 0 saturated heterocycles. The average molecular weight is 504 g/mol. The summed E-state index contributed by atoms with van der Waals surface area (Å²) in [6.07, 6.45) is 7.05. The van der Waals surface area contributed by atoms with E-state index in [9.17, 15) is 24.6 Å². The van der Waals surface area contributed by atoms with E-state index in [1.54, 1.807) is 0 Å². The van der Waals surface area contributed by atoms with Gasteiger partial charge in [0.15, 0.2) is 0 Å². The SMILES string of the molecule is O=C(O)CN(CC(=O)O)Cc1c(-c2ccccc2)nc2ccccc2c1C(=O)NCCC1CCCCC1. The lowest BCUT2D eigenvalue weighted by atomic mass is 9.87. The van der Waals surface area contributed by atoms with Gasteiger partial charge in [-0.2, -0.15) is 0 Å². The Morgan fingerprint density at radius 1 is 0.892 bits per heavy atom. The maximum Gasteiger partial charge on any atom is 0.317 e. The Labute approximate surface area is 216 Å². The third-order valence-corrected chi connectivity index (χ3v) is 6.93. The molecule has 4 rings (SSSR count). The quantitative estimate of drug-likeness (QED) is 0.350. The Balaban J connectivity index is 1.77. The summed E-state index contributed by atoms with van der Waals surface area (Å²) in [6, 6.07) is 16.7. The van der Waals surface area contributed by atoms with Gasteiger partial charge in [0, 0.05) is 29.6 Å². The lowest BCUT2D eigenvalue weighted by Crippen LogP contribution is -2.35. The van der Waals surface area contributed by atoms with Crippen molar-refractivity contribution in [2.75, 3.05) is 19.6 Å². The van der Waals surface area contributed by atoms with Crippen LogP contribution in [0, 0.1) is 5.92 Å². The van der Waals surface area contributed by atoms with Crippen LogP contribution in [0.4, 0.5) is 0 Å². The minimum Gasteiger partial charge on any atom is -0.480 e. The molecule has 1 amide bonds. The van der Waals surface area contributed by atoms with Crippen LogP contribution in [0.15, 0.2) is 54.6 Å². The van der Waals surface area contributed by atoms with Crippen molar-refractivity contribution < 1.29 is 24.6 Å². The first-order valence-electron chi connectivity index (χ1n) is 12.8. The highest BCUT2D eigenvalue weighted by Crippen LogP contribution is 2.32. The molecule has 1 fully saturated rings. The highest BCUT2D eigenvalue weighted by atomic mass is 16.4. The first-order chi connectivity index (χ1) is 17.9. The number of carbonyl (C=O) groups is 3. The third-order valence-electron chi connectivity index (χ3n) is 6.93. The van der Waals surface area contributed by atoms with Crippen LogP contribution in [0.3, 0.4) is 0 Å². The van der Waals surface area contributed by atoms with E-state index in [0.29, 0.717) is 40.2 Å². The van der Waals surface area contributed by atoms with Gasteiger partial charge in [0.2, 0.25) is 0 Å². The van der Waals surface area contributed by atoms with Gasteiger partial charge >= 0.3 is 11.9 Å². The molecule has 194 valence electrons. The number of hydrogen-bond donors (Lipinski definition) is 3. The smallest absolute Gasteiger partial charge is 0.317 e. The second-order valence-electron chi connectivity index (χ2n) is 9.68. The number of carbonyl (C=O) groups excluding carboxylic acids is 1. The van der Waals surface area contributed by atoms with Gasteiger partial charge in [-0.05, 0) is 18.4 Å². The molecule has 1 saturated carbocycles. The molecule has 0 bridgehead atoms. The van der Waals surface area contributed by atoms with Crippen molar-refractivity contribution in [1.82, 2.24) is 15.2 Å². The minimum absolute atomic E-state index is 0.0496. The van der Waals surface area contributed by atoms with E-state index in [1.165, 1.54) is 37.0 Å². The zero-order valence-corrected chi connectivity index (χ0v) is 20.9. The average Bonchev–Trinajstić information content (AvgIpc) is 2.88. The molecule has 1 aromatic heterocycles. The van der Waals surface area contributed by atoms with Crippen LogP contribution in [-0.4, -0.2) is 57.6 Å². The number of nitrogens with zero attached hydrogens (tertiary/aromatic N) is 2. The Morgan fingerprint density at radius 3 is 2.22 bits per heavy atom. The molecule has 0 radical (unpaired) electrons. The van der Waals surface area contributed by atoms with Crippen molar-refractivity contribution in [1.29, 1.82) is 0 Å². The zero-order valence-electron chi connectivity index (χ0n) is 20.9. The number of carboxylic acid groups (broad SMARTS) is 2. The highest BCUT2D eigenvalue weighted by molar-refractivity contribution is 6.09. The van der Waals surface area contributed by atoms with Crippen molar-refractivity contribution in [3.63, 3.8) is 0 Å². The van der Waals surface area contributed by atoms with Gasteiger partial charge in [-0.3, -0.25) is 19.3 Å². The normalized spacial score (nSPS) is 14.1. The predicted octanol–water partition coefficient (Wildman–Crippen LogP) is 4.57. The van der Waals surface area contributed by atoms with Crippen LogP contribution in [0.25, 0.3) is 22.2 Å². The van der Waals surface area contributed by atoms with Gasteiger partial charge in [-0.25, -0.2) is 4.98 Å². The maximum atomic E-state index is 13.7. The summed E-state index contributed by atoms with van der Waals surface area (Å²) in [5.41, 5.74) is 2.88. The number of para-hydroxylation sites is 1. The number of carboxylic acids is 2. The van der Waals surface area contributed by atoms with Crippen molar-refractivity contribution in [3.05, 3.63) is 65.7 Å². The molecule has 1 heterocycles. The lowest BCUT2D eigenvalue weighted by Gasteiger charge is -2.24. The van der Waals surface area contributed by atoms with Gasteiger partial charge in [-0.15, -0.1) is 0 Å². The van der Waals surface area contributed by atoms with E-state index in [2.05, 4.69) is 5.32 Å². The van der Waals surface area contributed by atoms with Gasteiger partial charge < -0.3 is 15.5 Å². The molecule has 37 heavy (non-hydrogen) atoms. The maximum absolute atomic E-state index is 13.7. The number of pyridine rings is 1. The fraction of sp³-hybridized carbons (Fsp3) is 0.379. The molecular formula is C29H33N3O5. The topological polar surface area (TPSA) is 120 Å². The molecule has 1 aliphatic rings. The van der Waals surface area contributed by atoms with Crippen LogP contribution in [0.1, 0.15) is 54.4 Å². The molecule has 2 aromatic carbocycles. The standard InChI is InChI=1S/C29H33N3O5/c33-25(34)18-32(19-26(35)36)17-23-27(29(37)30-16-15-20-9-3-1-4-10-20)22-13-7-8-14-24(22)31-28(23)21-11-5-2-6-12-21/h2,5-8,11-14,20H,1,3-4,9-10,15-19H2,(H,30,37)(H,33,34)(H,35,36). The molecule has 0 spiro atoms. The number of aliphatic carboxylic acids is 2. The highest BCUT2D eigenvalue weighted by Gasteiger charge is 2.25. The van der Waals surface area contributed by atoms with Gasteiger partial charge in [0.1, 0.15) is 0 Å². The monoisotopic (exact) mass is 503 g/mol. The number of aromatic nitrogens is 1. The van der Waals surface area contributed by atoms with E-state index in [0.717, 1.165) is 12.0 Å². The Kier molecular flexibility index (Phi) is 8.85. The van der Waals surface area contributed by atoms with E-state index in [-0.39, 0.29) is 12.5 Å². The molecule has 0 aliphatic heterocycles. The van der Waals surface area contributed by atoms with Gasteiger partial charge in [0.25, 0.3) is 5.91 Å². The molecule has 1 aliphatic carbocycles. The van der Waals surface area contributed by atoms with E-state index in [4.69, 9.17) is 4.98 Å². The molecule has 3 N–H and O–H groups in total. The summed E-state index contributed by atoms with van der Waals surface area (Å²) in [5.74, 6) is -1.93. The number of amides is 1. The summed E-state index contributed by atoms with van der Waals surface area (Å²) >= 11 is 0. The number of fused-ring (bicyclic) bond motifs is 1. The van der Waals surface area contributed by atoms with Crippen LogP contribution in [0.5, 0.6) is 0 Å². The van der Waals surface area contributed by atoms with E-state index >= 15 is 0 Å². The van der Waals surface area contributed by atoms with Gasteiger partial charge in [0.05, 0.1) is 29.9 Å². The van der Waals surface area contributed by atoms with Crippen LogP contribution in [-0.2, 0) is 16.1 Å². The first-order valence-corrected chi connectivity index (χ1v) is 12.8. The summed E-state index contributed by atoms with van der Waals surface area (Å²) in [4.78, 5) is 43.0. The number of nitrogens with one attached hydrogen (secondary N) is 1. The molecule has 0 atom stereocenters. The molecule has 3 aromatic rings. The van der Waals surface area contributed by atoms with Crippen molar-refractivity contribution in [2.24, 2.45) is 5.92 Å². The first kappa shape index (κ1) is 26.3. The largest absolute Gasteiger partial charge is 0.480 e. The summed E-state index contributed by atoms with van der Waals surface area (Å²) < 4.78 is 0. The van der Waals surface area contributed by atoms with Crippen molar-refractivity contribution >= 4 is 28.7 Å². The van der Waals surface area contributed by atoms with E-state index in [1.807, 2.05) is 54.6 Å². The second kappa shape index (κ2) is 12.5. The summed E-state index contributed by atoms with van der Waals surface area (Å²) in [6.45, 7) is -0.452. The Hall–Kier alpha value is -3.78. The molecule has 8 nitrogen and oxygen atoms in total. The fourth-order valence-corrected chi connectivity index (χ4v) is 5.23. The summed E-state index contributed by atoms with van der Waals surface area (Å²) in [5, 5.41) is 22.6.